The number of hydrogen-bond donors (Lipinski definition) is 0. The number of thiophene rings is 1. The lowest BCUT2D eigenvalue weighted by Crippen LogP contribution is -2.50. The van der Waals surface area contributed by atoms with E-state index >= 15 is 0 Å². The normalized spacial score (nSPS) is 15.5. The van der Waals surface area contributed by atoms with Crippen molar-refractivity contribution in [3.8, 4) is 0 Å². The van der Waals surface area contributed by atoms with Gasteiger partial charge in [-0.3, -0.25) is 9.69 Å². The van der Waals surface area contributed by atoms with Gasteiger partial charge in [0, 0.05) is 41.5 Å². The minimum atomic E-state index is -0.0450. The Morgan fingerprint density at radius 1 is 0.939 bits per heavy atom. The van der Waals surface area contributed by atoms with Crippen LogP contribution in [0, 0.1) is 6.92 Å². The van der Waals surface area contributed by atoms with Crippen molar-refractivity contribution in [3.05, 3.63) is 99.5 Å². The summed E-state index contributed by atoms with van der Waals surface area (Å²) in [5.41, 5.74) is 1.90. The first kappa shape index (κ1) is 21.5. The van der Waals surface area contributed by atoms with Gasteiger partial charge in [-0.25, -0.2) is 4.68 Å². The first-order valence-corrected chi connectivity index (χ1v) is 12.0. The second-order valence-corrected chi connectivity index (χ2v) is 9.54. The van der Waals surface area contributed by atoms with Crippen molar-refractivity contribution >= 4 is 17.2 Å². The van der Waals surface area contributed by atoms with Gasteiger partial charge in [0.25, 0.3) is 5.91 Å². The summed E-state index contributed by atoms with van der Waals surface area (Å²) in [7, 11) is 0. The van der Waals surface area contributed by atoms with E-state index in [1.807, 2.05) is 58.1 Å². The summed E-state index contributed by atoms with van der Waals surface area (Å²) in [5, 5.41) is 12.8. The van der Waals surface area contributed by atoms with Crippen LogP contribution in [0.5, 0.6) is 0 Å². The molecule has 1 aliphatic heterocycles. The molecule has 8 heteroatoms. The van der Waals surface area contributed by atoms with Crippen LogP contribution in [-0.2, 0) is 6.54 Å². The van der Waals surface area contributed by atoms with Crippen LogP contribution >= 0.6 is 11.3 Å². The summed E-state index contributed by atoms with van der Waals surface area (Å²) in [4.78, 5) is 19.7. The highest BCUT2D eigenvalue weighted by atomic mass is 32.1. The third kappa shape index (κ3) is 4.72. The zero-order chi connectivity index (χ0) is 22.6. The molecule has 0 saturated carbocycles. The smallest absolute Gasteiger partial charge is 0.253 e. The molecule has 5 rings (SSSR count). The summed E-state index contributed by atoms with van der Waals surface area (Å²) in [6, 6.07) is 24.0. The third-order valence-electron chi connectivity index (χ3n) is 6.00. The zero-order valence-corrected chi connectivity index (χ0v) is 19.4. The highest BCUT2D eigenvalue weighted by Gasteiger charge is 2.32. The maximum absolute atomic E-state index is 12.9. The Hall–Kier alpha value is -3.36. The molecule has 0 aliphatic carbocycles. The average molecular weight is 459 g/mol. The second-order valence-electron chi connectivity index (χ2n) is 8.23. The van der Waals surface area contributed by atoms with E-state index in [1.165, 1.54) is 9.75 Å². The Labute approximate surface area is 197 Å². The standard InChI is InChI=1S/C25H26N6OS/c1-19-12-13-22(33-19)23(24-26-27-28-31(24)18-20-8-4-2-5-9-20)29-14-16-30(17-15-29)25(32)21-10-6-3-7-11-21/h2-13,23H,14-18H2,1H3/t23-/m1/s1. The summed E-state index contributed by atoms with van der Waals surface area (Å²) >= 11 is 1.78. The van der Waals surface area contributed by atoms with Gasteiger partial charge in [-0.1, -0.05) is 48.5 Å². The van der Waals surface area contributed by atoms with Gasteiger partial charge in [-0.15, -0.1) is 16.4 Å². The van der Waals surface area contributed by atoms with E-state index in [4.69, 9.17) is 0 Å². The summed E-state index contributed by atoms with van der Waals surface area (Å²) in [6.07, 6.45) is 0. The number of carbonyl (C=O) groups excluding carboxylic acids is 1. The maximum atomic E-state index is 12.9. The monoisotopic (exact) mass is 458 g/mol. The van der Waals surface area contributed by atoms with E-state index in [0.29, 0.717) is 19.6 Å². The lowest BCUT2D eigenvalue weighted by Gasteiger charge is -2.38. The fraction of sp³-hybridized carbons (Fsp3) is 0.280. The van der Waals surface area contributed by atoms with E-state index < -0.39 is 0 Å². The molecule has 1 atom stereocenters. The molecule has 7 nitrogen and oxygen atoms in total. The van der Waals surface area contributed by atoms with Gasteiger partial charge in [-0.05, 0) is 47.2 Å². The van der Waals surface area contributed by atoms with Crippen LogP contribution in [0.2, 0.25) is 0 Å². The van der Waals surface area contributed by atoms with Crippen LogP contribution < -0.4 is 0 Å². The second kappa shape index (κ2) is 9.64. The number of amides is 1. The molecule has 33 heavy (non-hydrogen) atoms. The van der Waals surface area contributed by atoms with E-state index in [1.54, 1.807) is 11.3 Å². The van der Waals surface area contributed by atoms with Gasteiger partial charge < -0.3 is 4.90 Å². The Bertz CT molecular complexity index is 1200. The van der Waals surface area contributed by atoms with Crippen molar-refractivity contribution in [1.29, 1.82) is 0 Å². The Morgan fingerprint density at radius 2 is 1.64 bits per heavy atom. The molecule has 0 N–H and O–H groups in total. The number of hydrogen-bond acceptors (Lipinski definition) is 6. The van der Waals surface area contributed by atoms with Crippen LogP contribution in [0.4, 0.5) is 0 Å². The number of nitrogens with zero attached hydrogens (tertiary/aromatic N) is 6. The predicted molar refractivity (Wildman–Crippen MR) is 128 cm³/mol. The molecule has 0 radical (unpaired) electrons. The molecule has 3 heterocycles. The van der Waals surface area contributed by atoms with Crippen LogP contribution in [0.1, 0.15) is 37.5 Å². The molecule has 0 bridgehead atoms. The molecule has 4 aromatic rings. The molecule has 1 amide bonds. The minimum Gasteiger partial charge on any atom is -0.336 e. The van der Waals surface area contributed by atoms with Crippen LogP contribution in [0.25, 0.3) is 0 Å². The largest absolute Gasteiger partial charge is 0.336 e. The molecule has 1 aliphatic rings. The van der Waals surface area contributed by atoms with Gasteiger partial charge in [0.15, 0.2) is 5.82 Å². The van der Waals surface area contributed by atoms with Crippen LogP contribution in [0.3, 0.4) is 0 Å². The van der Waals surface area contributed by atoms with Gasteiger partial charge >= 0.3 is 0 Å². The fourth-order valence-corrected chi connectivity index (χ4v) is 5.30. The number of rotatable bonds is 6. The molecule has 2 aromatic carbocycles. The zero-order valence-electron chi connectivity index (χ0n) is 18.5. The van der Waals surface area contributed by atoms with Gasteiger partial charge in [0.1, 0.15) is 6.04 Å². The highest BCUT2D eigenvalue weighted by Crippen LogP contribution is 2.33. The average Bonchev–Trinajstić information content (AvgIpc) is 3.50. The van der Waals surface area contributed by atoms with E-state index in [0.717, 1.165) is 30.0 Å². The topological polar surface area (TPSA) is 67.2 Å². The molecule has 168 valence electrons. The first-order chi connectivity index (χ1) is 16.2. The van der Waals surface area contributed by atoms with E-state index in [9.17, 15) is 4.79 Å². The molecule has 1 saturated heterocycles. The lowest BCUT2D eigenvalue weighted by atomic mass is 10.1. The Balaban J connectivity index is 1.38. The third-order valence-corrected chi connectivity index (χ3v) is 7.05. The van der Waals surface area contributed by atoms with Crippen LogP contribution in [-0.4, -0.2) is 62.1 Å². The maximum Gasteiger partial charge on any atom is 0.253 e. The Morgan fingerprint density at radius 3 is 2.30 bits per heavy atom. The first-order valence-electron chi connectivity index (χ1n) is 11.1. The quantitative estimate of drug-likeness (QED) is 0.441. The van der Waals surface area contributed by atoms with E-state index in [2.05, 4.69) is 51.6 Å². The summed E-state index contributed by atoms with van der Waals surface area (Å²) in [6.45, 7) is 5.62. The molecule has 0 unspecified atom stereocenters. The van der Waals surface area contributed by atoms with Crippen molar-refractivity contribution in [3.63, 3.8) is 0 Å². The van der Waals surface area contributed by atoms with Crippen molar-refractivity contribution in [2.75, 3.05) is 26.2 Å². The SMILES string of the molecule is Cc1ccc([C@H](c2nnnn2Cc2ccccc2)N2CCN(C(=O)c3ccccc3)CC2)s1. The van der Waals surface area contributed by atoms with Gasteiger partial charge in [0.2, 0.25) is 0 Å². The van der Waals surface area contributed by atoms with Gasteiger partial charge in [0.05, 0.1) is 6.54 Å². The molecular formula is C25H26N6OS. The molecule has 2 aromatic heterocycles. The number of aryl methyl sites for hydroxylation is 1. The molecule has 1 fully saturated rings. The Kier molecular flexibility index (Phi) is 6.28. The number of tetrazole rings is 1. The number of carbonyl (C=O) groups is 1. The fourth-order valence-electron chi connectivity index (χ4n) is 4.29. The molecule has 0 spiro atoms. The predicted octanol–water partition coefficient (Wildman–Crippen LogP) is 3.64. The van der Waals surface area contributed by atoms with E-state index in [-0.39, 0.29) is 11.9 Å². The van der Waals surface area contributed by atoms with Crippen molar-refractivity contribution < 1.29 is 4.79 Å². The van der Waals surface area contributed by atoms with Crippen molar-refractivity contribution in [2.45, 2.75) is 19.5 Å². The number of piperazine rings is 1. The molecular weight excluding hydrogens is 432 g/mol. The number of aromatic nitrogens is 4. The summed E-state index contributed by atoms with van der Waals surface area (Å²) in [5.74, 6) is 0.927. The highest BCUT2D eigenvalue weighted by molar-refractivity contribution is 7.12. The number of benzene rings is 2. The lowest BCUT2D eigenvalue weighted by molar-refractivity contribution is 0.0591. The van der Waals surface area contributed by atoms with Crippen LogP contribution in [0.15, 0.2) is 72.8 Å². The van der Waals surface area contributed by atoms with Crippen molar-refractivity contribution in [1.82, 2.24) is 30.0 Å². The van der Waals surface area contributed by atoms with Crippen molar-refractivity contribution in [2.24, 2.45) is 0 Å². The summed E-state index contributed by atoms with van der Waals surface area (Å²) < 4.78 is 1.90. The van der Waals surface area contributed by atoms with Gasteiger partial charge in [-0.2, -0.15) is 0 Å². The minimum absolute atomic E-state index is 0.0450.